The second-order valence-electron chi connectivity index (χ2n) is 5.19. The third-order valence-corrected chi connectivity index (χ3v) is 4.37. The summed E-state index contributed by atoms with van der Waals surface area (Å²) in [7, 11) is 1.65. The first-order valence-electron chi connectivity index (χ1n) is 7.60. The Hall–Kier alpha value is -1.69. The third kappa shape index (κ3) is 6.07. The van der Waals surface area contributed by atoms with Crippen molar-refractivity contribution in [3.05, 3.63) is 48.5 Å². The molecule has 0 saturated heterocycles. The summed E-state index contributed by atoms with van der Waals surface area (Å²) in [5.41, 5.74) is 6.57. The maximum Gasteiger partial charge on any atom is 0.241 e. The molecule has 0 fully saturated rings. The van der Waals surface area contributed by atoms with E-state index in [1.807, 2.05) is 55.5 Å². The van der Waals surface area contributed by atoms with Crippen LogP contribution >= 0.6 is 24.2 Å². The second kappa shape index (κ2) is 10.2. The highest BCUT2D eigenvalue weighted by Crippen LogP contribution is 2.29. The van der Waals surface area contributed by atoms with Crippen LogP contribution in [0.25, 0.3) is 0 Å². The molecule has 0 heterocycles. The monoisotopic (exact) mass is 366 g/mol. The Morgan fingerprint density at radius 2 is 1.67 bits per heavy atom. The van der Waals surface area contributed by atoms with Gasteiger partial charge in [0.15, 0.2) is 0 Å². The zero-order valence-corrected chi connectivity index (χ0v) is 15.5. The van der Waals surface area contributed by atoms with Crippen LogP contribution < -0.4 is 15.8 Å². The van der Waals surface area contributed by atoms with Gasteiger partial charge in [0.2, 0.25) is 5.91 Å². The fourth-order valence-electron chi connectivity index (χ4n) is 2.06. The summed E-state index contributed by atoms with van der Waals surface area (Å²) < 4.78 is 5.15. The minimum Gasteiger partial charge on any atom is -0.497 e. The maximum atomic E-state index is 11.9. The Balaban J connectivity index is 0.00000288. The molecule has 0 bridgehead atoms. The fraction of sp³-hybridized carbons (Fsp3) is 0.278. The Labute approximate surface area is 153 Å². The Morgan fingerprint density at radius 3 is 2.17 bits per heavy atom. The Bertz CT molecular complexity index is 632. The molecule has 0 aromatic heterocycles. The number of amides is 1. The van der Waals surface area contributed by atoms with Gasteiger partial charge < -0.3 is 15.8 Å². The minimum atomic E-state index is -0.451. The predicted molar refractivity (Wildman–Crippen MR) is 102 cm³/mol. The molecule has 130 valence electrons. The van der Waals surface area contributed by atoms with Gasteiger partial charge in [-0.05, 0) is 55.0 Å². The number of nitrogens with one attached hydrogen (secondary N) is 1. The van der Waals surface area contributed by atoms with Crippen LogP contribution in [0.4, 0.5) is 5.69 Å². The second-order valence-corrected chi connectivity index (χ2v) is 6.33. The summed E-state index contributed by atoms with van der Waals surface area (Å²) in [5, 5.41) is 2.84. The number of benzene rings is 2. The van der Waals surface area contributed by atoms with Gasteiger partial charge in [-0.15, -0.1) is 12.4 Å². The summed E-state index contributed by atoms with van der Waals surface area (Å²) in [6, 6.07) is 15.2. The number of hydrogen-bond donors (Lipinski definition) is 2. The van der Waals surface area contributed by atoms with Crippen molar-refractivity contribution in [2.24, 2.45) is 5.73 Å². The summed E-state index contributed by atoms with van der Waals surface area (Å²) in [6.45, 7) is 2.01. The van der Waals surface area contributed by atoms with Crippen LogP contribution in [0.5, 0.6) is 5.75 Å². The summed E-state index contributed by atoms with van der Waals surface area (Å²) in [5.74, 6) is 0.707. The van der Waals surface area contributed by atoms with Crippen molar-refractivity contribution in [2.45, 2.75) is 35.6 Å². The molecule has 1 unspecified atom stereocenters. The van der Waals surface area contributed by atoms with Gasteiger partial charge in [-0.1, -0.05) is 25.1 Å². The molecule has 2 aromatic rings. The molecule has 2 aromatic carbocycles. The van der Waals surface area contributed by atoms with E-state index >= 15 is 0 Å². The maximum absolute atomic E-state index is 11.9. The summed E-state index contributed by atoms with van der Waals surface area (Å²) >= 11 is 1.66. The molecule has 0 radical (unpaired) electrons. The zero-order valence-electron chi connectivity index (χ0n) is 13.8. The van der Waals surface area contributed by atoms with Crippen LogP contribution in [0.15, 0.2) is 58.3 Å². The fourth-order valence-corrected chi connectivity index (χ4v) is 2.88. The number of carbonyl (C=O) groups excluding carboxylic acids is 1. The van der Waals surface area contributed by atoms with Crippen LogP contribution in [0.3, 0.4) is 0 Å². The van der Waals surface area contributed by atoms with Crippen molar-refractivity contribution in [3.8, 4) is 5.75 Å². The van der Waals surface area contributed by atoms with Crippen molar-refractivity contribution in [2.75, 3.05) is 12.4 Å². The molecule has 1 atom stereocenters. The lowest BCUT2D eigenvalue weighted by Crippen LogP contribution is -2.35. The highest BCUT2D eigenvalue weighted by atomic mass is 35.5. The van der Waals surface area contributed by atoms with Gasteiger partial charge >= 0.3 is 0 Å². The highest BCUT2D eigenvalue weighted by molar-refractivity contribution is 7.99. The minimum absolute atomic E-state index is 0. The molecular formula is C18H23ClN2O2S. The quantitative estimate of drug-likeness (QED) is 0.765. The zero-order chi connectivity index (χ0) is 16.7. The SMILES string of the molecule is CCCC(N)C(=O)Nc1ccc(Sc2ccc(OC)cc2)cc1.Cl. The average Bonchev–Trinajstić information content (AvgIpc) is 2.57. The number of methoxy groups -OCH3 is 1. The van der Waals surface area contributed by atoms with Gasteiger partial charge in [-0.25, -0.2) is 0 Å². The number of rotatable bonds is 7. The number of hydrogen-bond acceptors (Lipinski definition) is 4. The standard InChI is InChI=1S/C18H22N2O2S.ClH/c1-3-4-17(19)18(21)20-13-5-9-15(10-6-13)23-16-11-7-14(22-2)8-12-16;/h5-12,17H,3-4,19H2,1-2H3,(H,20,21);1H. The molecule has 6 heteroatoms. The molecule has 4 nitrogen and oxygen atoms in total. The Kier molecular flexibility index (Phi) is 8.68. The largest absolute Gasteiger partial charge is 0.497 e. The molecule has 0 aliphatic rings. The van der Waals surface area contributed by atoms with Gasteiger partial charge in [0.05, 0.1) is 13.2 Å². The number of anilines is 1. The molecular weight excluding hydrogens is 344 g/mol. The molecule has 3 N–H and O–H groups in total. The van der Waals surface area contributed by atoms with E-state index in [0.717, 1.165) is 27.6 Å². The van der Waals surface area contributed by atoms with E-state index in [1.165, 1.54) is 0 Å². The van der Waals surface area contributed by atoms with Crippen LogP contribution in [-0.4, -0.2) is 19.1 Å². The summed E-state index contributed by atoms with van der Waals surface area (Å²) in [4.78, 5) is 14.1. The first-order valence-corrected chi connectivity index (χ1v) is 8.42. The van der Waals surface area contributed by atoms with Gasteiger partial charge in [-0.2, -0.15) is 0 Å². The van der Waals surface area contributed by atoms with Gasteiger partial charge in [0.25, 0.3) is 0 Å². The first kappa shape index (κ1) is 20.4. The number of ether oxygens (including phenoxy) is 1. The molecule has 0 spiro atoms. The van der Waals surface area contributed by atoms with Gasteiger partial charge in [-0.3, -0.25) is 4.79 Å². The topological polar surface area (TPSA) is 64.4 Å². The van der Waals surface area contributed by atoms with Crippen molar-refractivity contribution >= 4 is 35.8 Å². The van der Waals surface area contributed by atoms with Crippen molar-refractivity contribution in [1.82, 2.24) is 0 Å². The molecule has 0 aliphatic carbocycles. The van der Waals surface area contributed by atoms with E-state index in [-0.39, 0.29) is 18.3 Å². The molecule has 24 heavy (non-hydrogen) atoms. The lowest BCUT2D eigenvalue weighted by Gasteiger charge is -2.11. The molecule has 0 saturated carbocycles. The van der Waals surface area contributed by atoms with Crippen molar-refractivity contribution in [1.29, 1.82) is 0 Å². The molecule has 2 rings (SSSR count). The summed E-state index contributed by atoms with van der Waals surface area (Å²) in [6.07, 6.45) is 1.59. The van der Waals surface area contributed by atoms with Gasteiger partial charge in [0, 0.05) is 15.5 Å². The number of carbonyl (C=O) groups is 1. The normalized spacial score (nSPS) is 11.3. The van der Waals surface area contributed by atoms with Gasteiger partial charge in [0.1, 0.15) is 5.75 Å². The predicted octanol–water partition coefficient (Wildman–Crippen LogP) is 4.33. The van der Waals surface area contributed by atoms with Crippen LogP contribution in [0.2, 0.25) is 0 Å². The lowest BCUT2D eigenvalue weighted by atomic mass is 10.1. The van der Waals surface area contributed by atoms with Crippen LogP contribution in [-0.2, 0) is 4.79 Å². The van der Waals surface area contributed by atoms with E-state index in [4.69, 9.17) is 10.5 Å². The van der Waals surface area contributed by atoms with E-state index < -0.39 is 6.04 Å². The number of halogens is 1. The Morgan fingerprint density at radius 1 is 1.12 bits per heavy atom. The highest BCUT2D eigenvalue weighted by Gasteiger charge is 2.12. The smallest absolute Gasteiger partial charge is 0.241 e. The van der Waals surface area contributed by atoms with E-state index in [0.29, 0.717) is 6.42 Å². The molecule has 1 amide bonds. The number of nitrogens with two attached hydrogens (primary N) is 1. The third-order valence-electron chi connectivity index (χ3n) is 3.35. The first-order chi connectivity index (χ1) is 11.1. The van der Waals surface area contributed by atoms with Crippen molar-refractivity contribution < 1.29 is 9.53 Å². The average molecular weight is 367 g/mol. The van der Waals surface area contributed by atoms with E-state index in [2.05, 4.69) is 5.32 Å². The lowest BCUT2D eigenvalue weighted by molar-refractivity contribution is -0.117. The van der Waals surface area contributed by atoms with Crippen molar-refractivity contribution in [3.63, 3.8) is 0 Å². The van der Waals surface area contributed by atoms with Crippen LogP contribution in [0, 0.1) is 0 Å². The van der Waals surface area contributed by atoms with Crippen LogP contribution in [0.1, 0.15) is 19.8 Å². The molecule has 0 aliphatic heterocycles. The van der Waals surface area contributed by atoms with E-state index in [9.17, 15) is 4.79 Å². The van der Waals surface area contributed by atoms with E-state index in [1.54, 1.807) is 18.9 Å².